The highest BCUT2D eigenvalue weighted by Gasteiger charge is 2.31. The van der Waals surface area contributed by atoms with Crippen LogP contribution in [0.2, 0.25) is 5.02 Å². The maximum Gasteiger partial charge on any atom is 0.407 e. The summed E-state index contributed by atoms with van der Waals surface area (Å²) in [5.41, 5.74) is 1.07. The van der Waals surface area contributed by atoms with Crippen molar-refractivity contribution in [1.29, 1.82) is 0 Å². The number of hydrogen-bond acceptors (Lipinski definition) is 4. The van der Waals surface area contributed by atoms with E-state index in [4.69, 9.17) is 16.7 Å². The van der Waals surface area contributed by atoms with Gasteiger partial charge in [0.05, 0.1) is 5.69 Å². The van der Waals surface area contributed by atoms with Crippen LogP contribution in [0.3, 0.4) is 0 Å². The molecule has 2 amide bonds. The monoisotopic (exact) mass is 397 g/mol. The van der Waals surface area contributed by atoms with Crippen LogP contribution in [0.5, 0.6) is 0 Å². The van der Waals surface area contributed by atoms with Gasteiger partial charge in [-0.05, 0) is 24.6 Å². The molecule has 0 bridgehead atoms. The summed E-state index contributed by atoms with van der Waals surface area (Å²) < 4.78 is 13.9. The fourth-order valence-corrected chi connectivity index (χ4v) is 3.85. The second-order valence-corrected chi connectivity index (χ2v) is 7.43. The number of thiazole rings is 1. The Morgan fingerprint density at radius 3 is 2.85 bits per heavy atom. The Bertz CT molecular complexity index is 844. The minimum absolute atomic E-state index is 0.227. The van der Waals surface area contributed by atoms with Gasteiger partial charge in [0.15, 0.2) is 5.01 Å². The van der Waals surface area contributed by atoms with E-state index in [9.17, 15) is 14.0 Å². The number of nitrogens with zero attached hydrogens (tertiary/aromatic N) is 3. The molecule has 3 rings (SSSR count). The van der Waals surface area contributed by atoms with Crippen molar-refractivity contribution in [3.05, 3.63) is 50.7 Å². The van der Waals surface area contributed by atoms with Crippen LogP contribution in [0, 0.1) is 5.82 Å². The fraction of sp³-hybridized carbons (Fsp3) is 0.353. The summed E-state index contributed by atoms with van der Waals surface area (Å²) in [6, 6.07) is 4.19. The Hall–Kier alpha value is -2.19. The van der Waals surface area contributed by atoms with Crippen molar-refractivity contribution < 1.29 is 19.1 Å². The van der Waals surface area contributed by atoms with E-state index < -0.39 is 11.9 Å². The molecule has 2 heterocycles. The number of halogens is 2. The van der Waals surface area contributed by atoms with Crippen LogP contribution in [0.1, 0.15) is 28.0 Å². The molecule has 6 nitrogen and oxygen atoms in total. The Morgan fingerprint density at radius 2 is 2.19 bits per heavy atom. The van der Waals surface area contributed by atoms with Crippen molar-refractivity contribution in [3.63, 3.8) is 0 Å². The molecule has 2 aromatic rings. The van der Waals surface area contributed by atoms with E-state index in [2.05, 4.69) is 4.98 Å². The van der Waals surface area contributed by atoms with E-state index in [1.165, 1.54) is 22.3 Å². The minimum atomic E-state index is -0.980. The van der Waals surface area contributed by atoms with Crippen molar-refractivity contribution >= 4 is 34.9 Å². The van der Waals surface area contributed by atoms with Gasteiger partial charge in [0.1, 0.15) is 5.82 Å². The molecular formula is C17H17ClFN3O3S. The zero-order valence-corrected chi connectivity index (χ0v) is 15.6. The van der Waals surface area contributed by atoms with Gasteiger partial charge in [0.2, 0.25) is 0 Å². The minimum Gasteiger partial charge on any atom is -0.465 e. The summed E-state index contributed by atoms with van der Waals surface area (Å²) in [7, 11) is 0. The van der Waals surface area contributed by atoms with E-state index in [0.29, 0.717) is 34.4 Å². The highest BCUT2D eigenvalue weighted by atomic mass is 35.5. The highest BCUT2D eigenvalue weighted by molar-refractivity contribution is 7.11. The first-order valence-electron chi connectivity index (χ1n) is 8.02. The van der Waals surface area contributed by atoms with Gasteiger partial charge < -0.3 is 14.9 Å². The average molecular weight is 398 g/mol. The third-order valence-corrected chi connectivity index (χ3v) is 5.40. The quantitative estimate of drug-likeness (QED) is 0.861. The zero-order valence-electron chi connectivity index (χ0n) is 14.0. The van der Waals surface area contributed by atoms with E-state index in [0.717, 1.165) is 0 Å². The largest absolute Gasteiger partial charge is 0.465 e. The van der Waals surface area contributed by atoms with Crippen LogP contribution in [-0.4, -0.2) is 57.6 Å². The van der Waals surface area contributed by atoms with Crippen molar-refractivity contribution in [2.45, 2.75) is 19.4 Å². The van der Waals surface area contributed by atoms with Gasteiger partial charge in [0.25, 0.3) is 5.91 Å². The van der Waals surface area contributed by atoms with Gasteiger partial charge in [-0.3, -0.25) is 4.79 Å². The lowest BCUT2D eigenvalue weighted by molar-refractivity contribution is 0.0506. The number of amides is 2. The normalized spacial score (nSPS) is 17.4. The first kappa shape index (κ1) is 18.6. The van der Waals surface area contributed by atoms with Crippen LogP contribution in [0.25, 0.3) is 0 Å². The van der Waals surface area contributed by atoms with Crippen molar-refractivity contribution in [3.8, 4) is 0 Å². The van der Waals surface area contributed by atoms with Gasteiger partial charge in [-0.25, -0.2) is 14.2 Å². The fourth-order valence-electron chi connectivity index (χ4n) is 2.91. The maximum absolute atomic E-state index is 13.9. The van der Waals surface area contributed by atoms with E-state index in [-0.39, 0.29) is 24.9 Å². The summed E-state index contributed by atoms with van der Waals surface area (Å²) in [5, 5.41) is 11.5. The lowest BCUT2D eigenvalue weighted by Crippen LogP contribution is -2.55. The predicted octanol–water partition coefficient (Wildman–Crippen LogP) is 3.35. The lowest BCUT2D eigenvalue weighted by Gasteiger charge is -2.37. The molecule has 1 N–H and O–H groups in total. The molecule has 0 unspecified atom stereocenters. The number of rotatable bonds is 3. The van der Waals surface area contributed by atoms with Crippen LogP contribution in [0.4, 0.5) is 9.18 Å². The molecule has 0 aliphatic carbocycles. The molecule has 9 heteroatoms. The molecule has 1 atom stereocenters. The number of carboxylic acid groups (broad SMARTS) is 1. The smallest absolute Gasteiger partial charge is 0.407 e. The van der Waals surface area contributed by atoms with Gasteiger partial charge in [0, 0.05) is 42.5 Å². The first-order chi connectivity index (χ1) is 12.3. The Morgan fingerprint density at radius 1 is 1.42 bits per heavy atom. The average Bonchev–Trinajstić information content (AvgIpc) is 3.05. The second-order valence-electron chi connectivity index (χ2n) is 6.13. The SMILES string of the molecule is C[C@H]1CN(C(=O)c2nc(Cc3ccc(Cl)cc3F)cs2)CCN1C(=O)O. The maximum atomic E-state index is 13.9. The Labute approximate surface area is 158 Å². The van der Waals surface area contributed by atoms with Crippen LogP contribution in [0.15, 0.2) is 23.6 Å². The van der Waals surface area contributed by atoms with E-state index in [1.54, 1.807) is 29.3 Å². The summed E-state index contributed by atoms with van der Waals surface area (Å²) in [6.07, 6.45) is -0.707. The third kappa shape index (κ3) is 3.96. The van der Waals surface area contributed by atoms with Gasteiger partial charge >= 0.3 is 6.09 Å². The van der Waals surface area contributed by atoms with Crippen LogP contribution in [-0.2, 0) is 6.42 Å². The van der Waals surface area contributed by atoms with Crippen LogP contribution < -0.4 is 0 Å². The van der Waals surface area contributed by atoms with Gasteiger partial charge in [-0.2, -0.15) is 0 Å². The summed E-state index contributed by atoms with van der Waals surface area (Å²) in [4.78, 5) is 31.0. The number of carbonyl (C=O) groups is 2. The molecule has 1 aliphatic rings. The van der Waals surface area contributed by atoms with Crippen molar-refractivity contribution in [2.24, 2.45) is 0 Å². The molecule has 1 aromatic heterocycles. The number of hydrogen-bond donors (Lipinski definition) is 1. The predicted molar refractivity (Wildman–Crippen MR) is 96.4 cm³/mol. The lowest BCUT2D eigenvalue weighted by atomic mass is 10.1. The molecule has 1 aliphatic heterocycles. The molecule has 0 saturated carbocycles. The molecule has 1 aromatic carbocycles. The molecule has 1 saturated heterocycles. The standard InChI is InChI=1S/C17H17ClFN3O3S/c1-10-8-21(4-5-22(10)17(24)25)16(23)15-20-13(9-26-15)6-11-2-3-12(18)7-14(11)19/h2-3,7,9-10H,4-6,8H2,1H3,(H,24,25)/t10-/m0/s1. The van der Waals surface area contributed by atoms with E-state index >= 15 is 0 Å². The van der Waals surface area contributed by atoms with E-state index in [1.807, 2.05) is 0 Å². The molecule has 0 spiro atoms. The van der Waals surface area contributed by atoms with Gasteiger partial charge in [-0.1, -0.05) is 17.7 Å². The molecule has 1 fully saturated rings. The number of carbonyl (C=O) groups excluding carboxylic acids is 1. The topological polar surface area (TPSA) is 73.7 Å². The number of benzene rings is 1. The second kappa shape index (κ2) is 7.59. The Kier molecular flexibility index (Phi) is 5.43. The Balaban J connectivity index is 1.67. The number of piperazine rings is 1. The first-order valence-corrected chi connectivity index (χ1v) is 9.28. The molecule has 138 valence electrons. The third-order valence-electron chi connectivity index (χ3n) is 4.28. The highest BCUT2D eigenvalue weighted by Crippen LogP contribution is 2.21. The molecule has 26 heavy (non-hydrogen) atoms. The van der Waals surface area contributed by atoms with Crippen molar-refractivity contribution in [1.82, 2.24) is 14.8 Å². The zero-order chi connectivity index (χ0) is 18.8. The molecular weight excluding hydrogens is 381 g/mol. The summed E-state index contributed by atoms with van der Waals surface area (Å²) >= 11 is 6.96. The summed E-state index contributed by atoms with van der Waals surface area (Å²) in [6.45, 7) is 2.70. The summed E-state index contributed by atoms with van der Waals surface area (Å²) in [5.74, 6) is -0.633. The van der Waals surface area contributed by atoms with Crippen molar-refractivity contribution in [2.75, 3.05) is 19.6 Å². The number of aromatic nitrogens is 1. The van der Waals surface area contributed by atoms with Crippen LogP contribution >= 0.6 is 22.9 Å². The molecule has 0 radical (unpaired) electrons. The van der Waals surface area contributed by atoms with Gasteiger partial charge in [-0.15, -0.1) is 11.3 Å².